The van der Waals surface area contributed by atoms with Gasteiger partial charge in [0.25, 0.3) is 0 Å². The van der Waals surface area contributed by atoms with Gasteiger partial charge in [0.1, 0.15) is 5.82 Å². The Morgan fingerprint density at radius 3 is 2.33 bits per heavy atom. The van der Waals surface area contributed by atoms with Crippen molar-refractivity contribution in [2.75, 3.05) is 0 Å². The molecule has 1 aromatic heterocycles. The summed E-state index contributed by atoms with van der Waals surface area (Å²) in [7, 11) is -0.739. The number of hydrogen-bond donors (Lipinski definition) is 0. The molecule has 18 heavy (non-hydrogen) atoms. The summed E-state index contributed by atoms with van der Waals surface area (Å²) in [6.45, 7) is 7.67. The van der Waals surface area contributed by atoms with Crippen molar-refractivity contribution < 1.29 is 13.7 Å². The smallest absolute Gasteiger partial charge is 0.398 e. The molecule has 0 unspecified atom stereocenters. The second-order valence-electron chi connectivity index (χ2n) is 5.29. The molecule has 1 aromatic rings. The fourth-order valence-corrected chi connectivity index (χ4v) is 1.73. The summed E-state index contributed by atoms with van der Waals surface area (Å²) in [5.41, 5.74) is -0.595. The van der Waals surface area contributed by atoms with Gasteiger partial charge in [-0.05, 0) is 33.8 Å². The molecule has 1 aliphatic heterocycles. The molecule has 0 amide bonds. The van der Waals surface area contributed by atoms with Crippen molar-refractivity contribution in [1.29, 1.82) is 0 Å². The number of nitrogens with zero attached hydrogens (tertiary/aromatic N) is 1. The Morgan fingerprint density at radius 1 is 1.28 bits per heavy atom. The highest BCUT2D eigenvalue weighted by molar-refractivity contribution is 6.61. The van der Waals surface area contributed by atoms with Crippen molar-refractivity contribution in [2.45, 2.75) is 38.9 Å². The van der Waals surface area contributed by atoms with Crippen molar-refractivity contribution in [3.63, 3.8) is 0 Å². The van der Waals surface area contributed by atoms with Crippen molar-refractivity contribution in [2.24, 2.45) is 0 Å². The van der Waals surface area contributed by atoms with Crippen LogP contribution in [0.2, 0.25) is 0 Å². The number of halogens is 1. The third-order valence-electron chi connectivity index (χ3n) is 3.55. The second-order valence-corrected chi connectivity index (χ2v) is 5.29. The molecule has 94 valence electrons. The van der Waals surface area contributed by atoms with E-state index in [0.29, 0.717) is 5.59 Å². The molecule has 5 heteroatoms. The number of terminal acetylenes is 1. The maximum absolute atomic E-state index is 13.6. The molecule has 0 saturated carbocycles. The summed E-state index contributed by atoms with van der Waals surface area (Å²) in [5.74, 6) is 1.81. The monoisotopic (exact) mass is 247 g/mol. The molecule has 0 radical (unpaired) electrons. The number of rotatable bonds is 1. The van der Waals surface area contributed by atoms with E-state index in [1.165, 1.54) is 12.3 Å². The maximum Gasteiger partial charge on any atom is 0.515 e. The summed E-state index contributed by atoms with van der Waals surface area (Å²) < 4.78 is 25.2. The van der Waals surface area contributed by atoms with Crippen LogP contribution in [0.3, 0.4) is 0 Å². The van der Waals surface area contributed by atoms with E-state index in [1.54, 1.807) is 0 Å². The summed E-state index contributed by atoms with van der Waals surface area (Å²) in [5, 5.41) is 0. The Morgan fingerprint density at radius 2 is 1.83 bits per heavy atom. The van der Waals surface area contributed by atoms with Gasteiger partial charge >= 0.3 is 7.12 Å². The van der Waals surface area contributed by atoms with E-state index >= 15 is 0 Å². The lowest BCUT2D eigenvalue weighted by Gasteiger charge is -2.32. The Bertz CT molecular complexity index is 506. The zero-order valence-corrected chi connectivity index (χ0v) is 11.0. The van der Waals surface area contributed by atoms with E-state index in [-0.39, 0.29) is 5.56 Å². The molecule has 1 saturated heterocycles. The molecule has 0 aromatic carbocycles. The molecule has 1 aliphatic rings. The summed E-state index contributed by atoms with van der Waals surface area (Å²) in [6, 6.07) is 1.23. The number of pyridine rings is 1. The van der Waals surface area contributed by atoms with Gasteiger partial charge in [-0.1, -0.05) is 5.92 Å². The Kier molecular flexibility index (Phi) is 2.96. The van der Waals surface area contributed by atoms with Gasteiger partial charge in [0.05, 0.1) is 22.4 Å². The summed E-state index contributed by atoms with van der Waals surface area (Å²) in [6.07, 6.45) is 6.67. The standard InChI is InChI=1S/C13H15BFNO2/c1-6-9-10(15)7-8-16-11(9)14-17-12(2,3)13(4,5)18-14/h1,7-8H,2-5H3. The maximum atomic E-state index is 13.6. The molecule has 3 nitrogen and oxygen atoms in total. The quantitative estimate of drug-likeness (QED) is 0.556. The normalized spacial score (nSPS) is 20.8. The lowest BCUT2D eigenvalue weighted by Crippen LogP contribution is -2.41. The van der Waals surface area contributed by atoms with Gasteiger partial charge in [-0.25, -0.2) is 4.39 Å². The first kappa shape index (κ1) is 13.1. The van der Waals surface area contributed by atoms with Crippen molar-refractivity contribution >= 4 is 12.7 Å². The predicted octanol–water partition coefficient (Wildman–Crippen LogP) is 1.50. The molecule has 0 bridgehead atoms. The molecular formula is C13H15BFNO2. The van der Waals surface area contributed by atoms with Gasteiger partial charge in [-0.15, -0.1) is 6.42 Å². The highest BCUT2D eigenvalue weighted by atomic mass is 19.1. The highest BCUT2D eigenvalue weighted by Gasteiger charge is 2.53. The first-order valence-electron chi connectivity index (χ1n) is 5.75. The zero-order chi connectivity index (χ0) is 13.6. The molecular weight excluding hydrogens is 232 g/mol. The first-order valence-corrected chi connectivity index (χ1v) is 5.75. The second kappa shape index (κ2) is 4.08. The molecule has 2 heterocycles. The predicted molar refractivity (Wildman–Crippen MR) is 67.8 cm³/mol. The molecule has 1 fully saturated rings. The van der Waals surface area contributed by atoms with Crippen molar-refractivity contribution in [3.05, 3.63) is 23.6 Å². The Labute approximate surface area is 107 Å². The van der Waals surface area contributed by atoms with Gasteiger partial charge in [-0.2, -0.15) is 0 Å². The average molecular weight is 247 g/mol. The molecule has 0 N–H and O–H groups in total. The number of hydrogen-bond acceptors (Lipinski definition) is 3. The van der Waals surface area contributed by atoms with Crippen LogP contribution in [0.1, 0.15) is 33.3 Å². The van der Waals surface area contributed by atoms with Crippen LogP contribution in [0.4, 0.5) is 4.39 Å². The Hall–Kier alpha value is -1.38. The van der Waals surface area contributed by atoms with Crippen molar-refractivity contribution in [3.8, 4) is 12.3 Å². The van der Waals surface area contributed by atoms with Crippen LogP contribution in [0.25, 0.3) is 0 Å². The van der Waals surface area contributed by atoms with E-state index in [9.17, 15) is 4.39 Å². The third kappa shape index (κ3) is 1.92. The van der Waals surface area contributed by atoms with Gasteiger partial charge < -0.3 is 9.31 Å². The molecule has 0 spiro atoms. The van der Waals surface area contributed by atoms with Crippen LogP contribution in [0.15, 0.2) is 12.3 Å². The number of aromatic nitrogens is 1. The van der Waals surface area contributed by atoms with Crippen LogP contribution in [-0.2, 0) is 9.31 Å². The highest BCUT2D eigenvalue weighted by Crippen LogP contribution is 2.36. The summed E-state index contributed by atoms with van der Waals surface area (Å²) in [4.78, 5) is 4.09. The van der Waals surface area contributed by atoms with E-state index in [1.807, 2.05) is 27.7 Å². The van der Waals surface area contributed by atoms with E-state index in [2.05, 4.69) is 10.9 Å². The van der Waals surface area contributed by atoms with Crippen LogP contribution < -0.4 is 5.59 Å². The van der Waals surface area contributed by atoms with Crippen LogP contribution in [-0.4, -0.2) is 23.3 Å². The van der Waals surface area contributed by atoms with Crippen LogP contribution >= 0.6 is 0 Å². The molecule has 0 atom stereocenters. The van der Waals surface area contributed by atoms with E-state index in [0.717, 1.165) is 0 Å². The van der Waals surface area contributed by atoms with E-state index in [4.69, 9.17) is 15.7 Å². The first-order chi connectivity index (χ1) is 8.28. The minimum Gasteiger partial charge on any atom is -0.398 e. The minimum atomic E-state index is -0.739. The SMILES string of the molecule is C#Cc1c(F)ccnc1B1OC(C)(C)C(C)(C)O1. The molecule has 2 rings (SSSR count). The zero-order valence-electron chi connectivity index (χ0n) is 11.0. The topological polar surface area (TPSA) is 31.4 Å². The fraction of sp³-hybridized carbons (Fsp3) is 0.462. The van der Waals surface area contributed by atoms with Gasteiger partial charge in [0.15, 0.2) is 0 Å². The summed E-state index contributed by atoms with van der Waals surface area (Å²) >= 11 is 0. The van der Waals surface area contributed by atoms with Crippen LogP contribution in [0, 0.1) is 18.2 Å². The third-order valence-corrected chi connectivity index (χ3v) is 3.55. The fourth-order valence-electron chi connectivity index (χ4n) is 1.73. The van der Waals surface area contributed by atoms with Gasteiger partial charge in [0.2, 0.25) is 0 Å². The van der Waals surface area contributed by atoms with E-state index < -0.39 is 24.1 Å². The van der Waals surface area contributed by atoms with Crippen LogP contribution in [0.5, 0.6) is 0 Å². The Balaban J connectivity index is 2.42. The van der Waals surface area contributed by atoms with Crippen molar-refractivity contribution in [1.82, 2.24) is 4.98 Å². The van der Waals surface area contributed by atoms with Gasteiger partial charge in [0, 0.05) is 6.20 Å². The average Bonchev–Trinajstić information content (AvgIpc) is 2.47. The minimum absolute atomic E-state index is 0.0935. The lowest BCUT2D eigenvalue weighted by atomic mass is 9.81. The lowest BCUT2D eigenvalue weighted by molar-refractivity contribution is 0.00578. The largest absolute Gasteiger partial charge is 0.515 e. The van der Waals surface area contributed by atoms with Gasteiger partial charge in [-0.3, -0.25) is 4.98 Å². The molecule has 0 aliphatic carbocycles.